The zero-order valence-corrected chi connectivity index (χ0v) is 21.8. The van der Waals surface area contributed by atoms with Gasteiger partial charge in [0, 0.05) is 13.1 Å². The number of carbonyl (C=O) groups excluding carboxylic acids is 1. The van der Waals surface area contributed by atoms with Gasteiger partial charge >= 0.3 is 11.9 Å². The quantitative estimate of drug-likeness (QED) is 0.162. The Balaban J connectivity index is 1.64. The Morgan fingerprint density at radius 1 is 1.00 bits per heavy atom. The summed E-state index contributed by atoms with van der Waals surface area (Å²) in [5, 5.41) is 11.8. The molecule has 37 heavy (non-hydrogen) atoms. The molecular weight excluding hydrogens is 488 g/mol. The fourth-order valence-corrected chi connectivity index (χ4v) is 5.08. The van der Waals surface area contributed by atoms with E-state index in [1.807, 2.05) is 42.5 Å². The van der Waals surface area contributed by atoms with Crippen LogP contribution in [0, 0.1) is 0 Å². The Morgan fingerprint density at radius 3 is 2.49 bits per heavy atom. The van der Waals surface area contributed by atoms with Crippen molar-refractivity contribution in [3.8, 4) is 0 Å². The Morgan fingerprint density at radius 2 is 1.73 bits per heavy atom. The van der Waals surface area contributed by atoms with Crippen LogP contribution in [-0.4, -0.2) is 37.9 Å². The molecule has 0 aliphatic heterocycles. The van der Waals surface area contributed by atoms with Crippen molar-refractivity contribution in [1.82, 2.24) is 13.8 Å². The van der Waals surface area contributed by atoms with E-state index < -0.39 is 11.9 Å². The van der Waals surface area contributed by atoms with Gasteiger partial charge in [0.05, 0.1) is 30.0 Å². The molecule has 4 rings (SSSR count). The van der Waals surface area contributed by atoms with E-state index in [4.69, 9.17) is 10.6 Å². The molecule has 1 aromatic heterocycles. The van der Waals surface area contributed by atoms with Crippen LogP contribution in [0.3, 0.4) is 0 Å². The molecule has 0 aliphatic rings. The van der Waals surface area contributed by atoms with E-state index in [1.54, 1.807) is 12.1 Å². The number of methoxy groups -OCH3 is 1. The van der Waals surface area contributed by atoms with Gasteiger partial charge in [-0.15, -0.1) is 0 Å². The third-order valence-corrected chi connectivity index (χ3v) is 6.93. The number of carboxylic acid groups (broad SMARTS) is 1. The summed E-state index contributed by atoms with van der Waals surface area (Å²) in [5.74, 6) is 4.94. The molecule has 9 heteroatoms. The predicted molar refractivity (Wildman–Crippen MR) is 143 cm³/mol. The fourth-order valence-electron chi connectivity index (χ4n) is 4.56. The van der Waals surface area contributed by atoms with Crippen molar-refractivity contribution in [1.29, 1.82) is 0 Å². The predicted octanol–water partition coefficient (Wildman–Crippen LogP) is 4.99. The zero-order chi connectivity index (χ0) is 26.4. The zero-order valence-electron chi connectivity index (χ0n) is 20.9. The monoisotopic (exact) mass is 518 g/mol. The van der Waals surface area contributed by atoms with Crippen molar-refractivity contribution < 1.29 is 19.4 Å². The summed E-state index contributed by atoms with van der Waals surface area (Å²) in [6.07, 6.45) is 3.10. The highest BCUT2D eigenvalue weighted by molar-refractivity contribution is 7.00. The summed E-state index contributed by atoms with van der Waals surface area (Å²) in [6, 6.07) is 16.9. The SMILES string of the molecule is CCCCc1c(Cc2ccc3nsnc3c2)ccc(CN(N)Cc2ccccc2C(=O)OC)c1C(=O)O. The lowest BCUT2D eigenvalue weighted by molar-refractivity contribution is 0.0597. The van der Waals surface area contributed by atoms with Crippen LogP contribution in [0.4, 0.5) is 0 Å². The normalized spacial score (nSPS) is 11.2. The number of fused-ring (bicyclic) bond motifs is 1. The van der Waals surface area contributed by atoms with Crippen molar-refractivity contribution in [3.63, 3.8) is 0 Å². The van der Waals surface area contributed by atoms with E-state index >= 15 is 0 Å². The first-order chi connectivity index (χ1) is 17.9. The minimum Gasteiger partial charge on any atom is -0.478 e. The van der Waals surface area contributed by atoms with Crippen molar-refractivity contribution in [2.24, 2.45) is 5.84 Å². The molecule has 0 atom stereocenters. The Labute approximate surface area is 220 Å². The minimum atomic E-state index is -0.967. The van der Waals surface area contributed by atoms with Crippen molar-refractivity contribution in [2.75, 3.05) is 7.11 Å². The van der Waals surface area contributed by atoms with Crippen molar-refractivity contribution in [3.05, 3.63) is 93.5 Å². The van der Waals surface area contributed by atoms with Crippen LogP contribution in [0.15, 0.2) is 54.6 Å². The van der Waals surface area contributed by atoms with Gasteiger partial charge in [0.25, 0.3) is 0 Å². The lowest BCUT2D eigenvalue weighted by atomic mass is 9.89. The van der Waals surface area contributed by atoms with Crippen LogP contribution in [0.25, 0.3) is 11.0 Å². The van der Waals surface area contributed by atoms with Crippen LogP contribution in [0.5, 0.6) is 0 Å². The average molecular weight is 519 g/mol. The molecule has 192 valence electrons. The van der Waals surface area contributed by atoms with Crippen LogP contribution >= 0.6 is 11.7 Å². The number of esters is 1. The van der Waals surface area contributed by atoms with Crippen LogP contribution < -0.4 is 5.84 Å². The van der Waals surface area contributed by atoms with Gasteiger partial charge in [0.1, 0.15) is 11.0 Å². The molecule has 3 aromatic carbocycles. The largest absolute Gasteiger partial charge is 0.478 e. The van der Waals surface area contributed by atoms with E-state index in [0.717, 1.165) is 40.6 Å². The van der Waals surface area contributed by atoms with Gasteiger partial charge in [-0.3, -0.25) is 5.84 Å². The highest BCUT2D eigenvalue weighted by Crippen LogP contribution is 2.27. The van der Waals surface area contributed by atoms with Crippen molar-refractivity contribution in [2.45, 2.75) is 45.7 Å². The second kappa shape index (κ2) is 12.1. The number of benzene rings is 3. The summed E-state index contributed by atoms with van der Waals surface area (Å²) < 4.78 is 13.5. The molecule has 3 N–H and O–H groups in total. The smallest absolute Gasteiger partial charge is 0.338 e. The van der Waals surface area contributed by atoms with E-state index in [-0.39, 0.29) is 13.1 Å². The van der Waals surface area contributed by atoms with Gasteiger partial charge < -0.3 is 9.84 Å². The number of hydrogen-bond donors (Lipinski definition) is 2. The van der Waals surface area contributed by atoms with Gasteiger partial charge in [0.15, 0.2) is 0 Å². The molecular formula is C28H30N4O4S. The van der Waals surface area contributed by atoms with E-state index in [9.17, 15) is 14.7 Å². The number of hydrazine groups is 1. The number of aromatic nitrogens is 2. The molecule has 0 spiro atoms. The second-order valence-corrected chi connectivity index (χ2v) is 9.49. The highest BCUT2D eigenvalue weighted by atomic mass is 32.1. The maximum absolute atomic E-state index is 12.5. The first-order valence-corrected chi connectivity index (χ1v) is 12.9. The Hall–Kier alpha value is -3.66. The number of nitrogens with two attached hydrogens (primary N) is 1. The number of rotatable bonds is 11. The molecule has 0 radical (unpaired) electrons. The molecule has 0 saturated heterocycles. The lowest BCUT2D eigenvalue weighted by Crippen LogP contribution is -2.31. The van der Waals surface area contributed by atoms with Gasteiger partial charge in [-0.2, -0.15) is 8.75 Å². The molecule has 0 aliphatic carbocycles. The van der Waals surface area contributed by atoms with Gasteiger partial charge in [-0.05, 0) is 65.3 Å². The fraction of sp³-hybridized carbons (Fsp3) is 0.286. The van der Waals surface area contributed by atoms with Gasteiger partial charge in [-0.1, -0.05) is 49.7 Å². The molecule has 8 nitrogen and oxygen atoms in total. The highest BCUT2D eigenvalue weighted by Gasteiger charge is 2.21. The number of carboxylic acids is 1. The number of nitrogens with zero attached hydrogens (tertiary/aromatic N) is 3. The second-order valence-electron chi connectivity index (χ2n) is 8.96. The molecule has 4 aromatic rings. The molecule has 0 unspecified atom stereocenters. The average Bonchev–Trinajstić information content (AvgIpc) is 3.36. The number of unbranched alkanes of at least 4 members (excludes halogenated alkanes) is 1. The topological polar surface area (TPSA) is 119 Å². The van der Waals surface area contributed by atoms with E-state index in [2.05, 4.69) is 15.7 Å². The third-order valence-electron chi connectivity index (χ3n) is 6.37. The van der Waals surface area contributed by atoms with Gasteiger partial charge in [0.2, 0.25) is 0 Å². The number of hydrogen-bond acceptors (Lipinski definition) is 8. The van der Waals surface area contributed by atoms with Crippen LogP contribution in [0.1, 0.15) is 68.3 Å². The van der Waals surface area contributed by atoms with E-state index in [0.29, 0.717) is 35.1 Å². The Kier molecular flexibility index (Phi) is 8.60. The molecule has 1 heterocycles. The minimum absolute atomic E-state index is 0.215. The molecule has 0 saturated carbocycles. The summed E-state index contributed by atoms with van der Waals surface area (Å²) in [7, 11) is 1.34. The first kappa shape index (κ1) is 26.4. The molecule has 0 fully saturated rings. The maximum Gasteiger partial charge on any atom is 0.338 e. The van der Waals surface area contributed by atoms with E-state index in [1.165, 1.54) is 23.8 Å². The Bertz CT molecular complexity index is 1420. The first-order valence-electron chi connectivity index (χ1n) is 12.1. The van der Waals surface area contributed by atoms with Crippen LogP contribution in [0.2, 0.25) is 0 Å². The van der Waals surface area contributed by atoms with Gasteiger partial charge in [-0.25, -0.2) is 14.6 Å². The summed E-state index contributed by atoms with van der Waals surface area (Å²) in [5.41, 5.74) is 6.68. The summed E-state index contributed by atoms with van der Waals surface area (Å²) in [4.78, 5) is 24.7. The molecule has 0 bridgehead atoms. The third kappa shape index (κ3) is 6.19. The standard InChI is InChI=1S/C28H30N4O4S/c1-3-4-8-22-19(14-18-10-13-24-25(15-18)31-37-30-24)11-12-21(26(22)27(33)34)17-32(29)16-20-7-5-6-9-23(20)28(35)36-2/h5-7,9-13,15H,3-4,8,14,16-17,29H2,1-2H3,(H,33,34). The van der Waals surface area contributed by atoms with Crippen LogP contribution in [-0.2, 0) is 30.7 Å². The number of carbonyl (C=O) groups is 2. The number of ether oxygens (including phenoxy) is 1. The lowest BCUT2D eigenvalue weighted by Gasteiger charge is -2.22. The number of aromatic carboxylic acids is 1. The summed E-state index contributed by atoms with van der Waals surface area (Å²) >= 11 is 1.18. The van der Waals surface area contributed by atoms with Crippen molar-refractivity contribution >= 4 is 34.7 Å². The molecule has 0 amide bonds. The maximum atomic E-state index is 12.5. The summed E-state index contributed by atoms with van der Waals surface area (Å²) in [6.45, 7) is 2.57.